The van der Waals surface area contributed by atoms with Crippen LogP contribution in [0.25, 0.3) is 0 Å². The van der Waals surface area contributed by atoms with E-state index in [0.29, 0.717) is 4.47 Å². The second-order valence-electron chi connectivity index (χ2n) is 6.42. The summed E-state index contributed by atoms with van der Waals surface area (Å²) in [7, 11) is 3.77. The Morgan fingerprint density at radius 2 is 1.32 bits per heavy atom. The molecule has 0 aliphatic heterocycles. The molecule has 0 amide bonds. The lowest BCUT2D eigenvalue weighted by molar-refractivity contribution is 0.537. The van der Waals surface area contributed by atoms with Crippen LogP contribution in [-0.4, -0.2) is 39.5 Å². The van der Waals surface area contributed by atoms with Crippen molar-refractivity contribution < 1.29 is 4.39 Å². The van der Waals surface area contributed by atoms with Gasteiger partial charge in [0.2, 0.25) is 0 Å². The summed E-state index contributed by atoms with van der Waals surface area (Å²) in [5.41, 5.74) is 9.31. The molecule has 4 rings (SSSR count). The molecule has 0 saturated heterocycles. The molecule has 0 bridgehead atoms. The van der Waals surface area contributed by atoms with Crippen molar-refractivity contribution in [2.45, 2.75) is 20.3 Å². The van der Waals surface area contributed by atoms with Crippen LogP contribution in [0.15, 0.2) is 46.1 Å². The molecule has 31 heavy (non-hydrogen) atoms. The molecule has 0 saturated carbocycles. The zero-order valence-corrected chi connectivity index (χ0v) is 20.6. The van der Waals surface area contributed by atoms with Crippen molar-refractivity contribution in [1.29, 1.82) is 0 Å². The average molecular weight is 555 g/mol. The summed E-state index contributed by atoms with van der Waals surface area (Å²) in [6.07, 6.45) is 10.0. The van der Waals surface area contributed by atoms with E-state index in [-0.39, 0.29) is 0 Å². The number of halogens is 3. The zero-order chi connectivity index (χ0) is 23.0. The van der Waals surface area contributed by atoms with Gasteiger partial charge in [-0.15, -0.1) is 0 Å². The third kappa shape index (κ3) is 8.50. The normalized spacial score (nSPS) is 10.0. The van der Waals surface area contributed by atoms with E-state index < -0.39 is 6.08 Å². The number of hydrogen-bond acceptors (Lipinski definition) is 7. The Kier molecular flexibility index (Phi) is 9.19. The van der Waals surface area contributed by atoms with Crippen molar-refractivity contribution in [3.8, 4) is 0 Å². The summed E-state index contributed by atoms with van der Waals surface area (Å²) in [5.74, 6) is 0.814. The zero-order valence-electron chi connectivity index (χ0n) is 17.5. The first-order chi connectivity index (χ1) is 14.6. The Bertz CT molecular complexity index is 1050. The molecule has 0 aliphatic carbocycles. The molecule has 164 valence electrons. The maximum absolute atomic E-state index is 11.8. The van der Waals surface area contributed by atoms with Crippen molar-refractivity contribution in [3.05, 3.63) is 75.0 Å². The van der Waals surface area contributed by atoms with Crippen LogP contribution >= 0.6 is 31.9 Å². The highest BCUT2D eigenvalue weighted by molar-refractivity contribution is 9.10. The lowest BCUT2D eigenvalue weighted by Crippen LogP contribution is -1.95. The van der Waals surface area contributed by atoms with Gasteiger partial charge in [0.1, 0.15) is 5.82 Å². The van der Waals surface area contributed by atoms with Gasteiger partial charge in [0.25, 0.3) is 0 Å². The molecule has 4 aromatic rings. The summed E-state index contributed by atoms with van der Waals surface area (Å²) in [4.78, 5) is 15.0. The predicted molar refractivity (Wildman–Crippen MR) is 123 cm³/mol. The number of nitrogen functional groups attached to an aromatic ring is 1. The van der Waals surface area contributed by atoms with Crippen LogP contribution in [0.1, 0.15) is 22.8 Å². The van der Waals surface area contributed by atoms with E-state index in [1.807, 2.05) is 38.8 Å². The van der Waals surface area contributed by atoms with Gasteiger partial charge >= 0.3 is 6.08 Å². The molecule has 0 aliphatic rings. The monoisotopic (exact) mass is 553 g/mol. The number of hydrogen-bond donors (Lipinski definition) is 1. The van der Waals surface area contributed by atoms with Crippen LogP contribution in [0.4, 0.5) is 10.1 Å². The standard InChI is InChI=1S/C10H11BrN4.C5H9N3.C4H2BrFN2/c1-7-8(6-15(2)14-7)3-10-12-4-9(11)5-13-10;1-4-5(6)3-8(2)7-4;5-3-1-7-4(6)8-2-3/h4-6H,3H2,1-2H3;3H,6H2,1-2H3;1-2H. The van der Waals surface area contributed by atoms with E-state index >= 15 is 0 Å². The number of rotatable bonds is 2. The van der Waals surface area contributed by atoms with Gasteiger partial charge in [-0.2, -0.15) is 14.6 Å². The van der Waals surface area contributed by atoms with Gasteiger partial charge in [0, 0.05) is 63.3 Å². The van der Waals surface area contributed by atoms with Crippen LogP contribution in [0.3, 0.4) is 0 Å². The first-order valence-electron chi connectivity index (χ1n) is 8.98. The van der Waals surface area contributed by atoms with Crippen LogP contribution in [0.2, 0.25) is 0 Å². The number of nitrogens with zero attached hydrogens (tertiary/aromatic N) is 8. The predicted octanol–water partition coefficient (Wildman–Crippen LogP) is 3.56. The Morgan fingerprint density at radius 3 is 1.68 bits per heavy atom. The van der Waals surface area contributed by atoms with E-state index in [1.54, 1.807) is 23.3 Å². The van der Waals surface area contributed by atoms with E-state index in [2.05, 4.69) is 62.0 Å². The third-order valence-corrected chi connectivity index (χ3v) is 4.60. The summed E-state index contributed by atoms with van der Waals surface area (Å²) in [6.45, 7) is 3.88. The molecule has 0 unspecified atom stereocenters. The fraction of sp³-hybridized carbons (Fsp3) is 0.263. The Morgan fingerprint density at radius 1 is 0.839 bits per heavy atom. The molecule has 4 aromatic heterocycles. The van der Waals surface area contributed by atoms with Gasteiger partial charge in [-0.3, -0.25) is 9.36 Å². The quantitative estimate of drug-likeness (QED) is 0.377. The van der Waals surface area contributed by atoms with Gasteiger partial charge < -0.3 is 5.73 Å². The lowest BCUT2D eigenvalue weighted by atomic mass is 10.2. The van der Waals surface area contributed by atoms with Gasteiger partial charge in [0.15, 0.2) is 0 Å². The molecule has 0 spiro atoms. The van der Waals surface area contributed by atoms with Crippen molar-refractivity contribution in [3.63, 3.8) is 0 Å². The fourth-order valence-electron chi connectivity index (χ4n) is 2.34. The van der Waals surface area contributed by atoms with E-state index in [1.165, 1.54) is 18.0 Å². The lowest BCUT2D eigenvalue weighted by Gasteiger charge is -1.97. The maximum Gasteiger partial charge on any atom is 0.308 e. The topological polar surface area (TPSA) is 113 Å². The second kappa shape index (κ2) is 11.6. The Hall–Kier alpha value is -2.73. The smallest absolute Gasteiger partial charge is 0.308 e. The minimum absolute atomic E-state index is 0.680. The second-order valence-corrected chi connectivity index (χ2v) is 8.25. The molecule has 0 aromatic carbocycles. The number of nitrogens with two attached hydrogens (primary N) is 1. The number of aromatic nitrogens is 8. The molecule has 4 heterocycles. The number of anilines is 1. The molecular formula is C19H22Br2FN9. The highest BCUT2D eigenvalue weighted by Gasteiger charge is 2.05. The van der Waals surface area contributed by atoms with E-state index in [4.69, 9.17) is 5.73 Å². The van der Waals surface area contributed by atoms with Crippen LogP contribution < -0.4 is 5.73 Å². The van der Waals surface area contributed by atoms with Gasteiger partial charge in [0.05, 0.1) is 26.0 Å². The molecule has 12 heteroatoms. The van der Waals surface area contributed by atoms with Gasteiger partial charge in [-0.05, 0) is 45.7 Å². The summed E-state index contributed by atoms with van der Waals surface area (Å²) < 4.78 is 16.9. The fourth-order valence-corrected chi connectivity index (χ4v) is 2.75. The molecule has 0 fully saturated rings. The molecule has 2 N–H and O–H groups in total. The van der Waals surface area contributed by atoms with Crippen LogP contribution in [-0.2, 0) is 20.5 Å². The molecular weight excluding hydrogens is 533 g/mol. The summed E-state index contributed by atoms with van der Waals surface area (Å²) >= 11 is 6.36. The largest absolute Gasteiger partial charge is 0.396 e. The summed E-state index contributed by atoms with van der Waals surface area (Å²) in [6, 6.07) is 0. The van der Waals surface area contributed by atoms with Crippen LogP contribution in [0.5, 0.6) is 0 Å². The number of aryl methyl sites for hydroxylation is 4. The SMILES string of the molecule is Cc1nn(C)cc1Cc1ncc(Br)cn1.Cc1nn(C)cc1N.Fc1ncc(Br)cn1. The maximum atomic E-state index is 11.8. The Balaban J connectivity index is 0.000000181. The summed E-state index contributed by atoms with van der Waals surface area (Å²) in [5, 5.41) is 8.28. The van der Waals surface area contributed by atoms with Crippen molar-refractivity contribution >= 4 is 37.5 Å². The Labute approximate surface area is 196 Å². The third-order valence-electron chi connectivity index (χ3n) is 3.78. The molecule has 0 radical (unpaired) electrons. The first kappa shape index (κ1) is 24.5. The van der Waals surface area contributed by atoms with Crippen LogP contribution in [0, 0.1) is 19.9 Å². The highest BCUT2D eigenvalue weighted by Crippen LogP contribution is 2.11. The van der Waals surface area contributed by atoms with Crippen molar-refractivity contribution in [2.75, 3.05) is 5.73 Å². The average Bonchev–Trinajstić information content (AvgIpc) is 3.19. The van der Waals surface area contributed by atoms with E-state index in [9.17, 15) is 4.39 Å². The van der Waals surface area contributed by atoms with Gasteiger partial charge in [-0.25, -0.2) is 19.9 Å². The van der Waals surface area contributed by atoms with Gasteiger partial charge in [-0.1, -0.05) is 0 Å². The van der Waals surface area contributed by atoms with Crippen molar-refractivity contribution in [2.24, 2.45) is 14.1 Å². The minimum atomic E-state index is -0.701. The molecule has 9 nitrogen and oxygen atoms in total. The molecule has 0 atom stereocenters. The minimum Gasteiger partial charge on any atom is -0.396 e. The first-order valence-corrected chi connectivity index (χ1v) is 10.6. The van der Waals surface area contributed by atoms with E-state index in [0.717, 1.165) is 33.8 Å². The highest BCUT2D eigenvalue weighted by atomic mass is 79.9. The van der Waals surface area contributed by atoms with Crippen molar-refractivity contribution in [1.82, 2.24) is 39.5 Å².